The molecule has 0 aromatic rings. The van der Waals surface area contributed by atoms with Crippen LogP contribution in [0, 0.1) is 5.92 Å². The van der Waals surface area contributed by atoms with Crippen molar-refractivity contribution in [3.63, 3.8) is 0 Å². The van der Waals surface area contributed by atoms with Crippen LogP contribution in [0.4, 0.5) is 0 Å². The van der Waals surface area contributed by atoms with E-state index in [1.165, 1.54) is 0 Å². The van der Waals surface area contributed by atoms with Crippen molar-refractivity contribution in [2.75, 3.05) is 52.4 Å². The number of nitrogens with one attached hydrogen (secondary N) is 4. The van der Waals surface area contributed by atoms with Crippen LogP contribution in [0.25, 0.3) is 0 Å². The summed E-state index contributed by atoms with van der Waals surface area (Å²) in [5, 5.41) is 12.2. The first-order chi connectivity index (χ1) is 13.9. The Hall–Kier alpha value is -0.520. The molecule has 0 saturated carbocycles. The number of fused-ring (bicyclic) bond motifs is 1. The molecular weight excluding hydrogens is 392 g/mol. The minimum Gasteiger partial charge on any atom is -0.350 e. The van der Waals surface area contributed by atoms with Gasteiger partial charge in [-0.2, -0.15) is 0 Å². The molecule has 166 valence electrons. The van der Waals surface area contributed by atoms with Crippen molar-refractivity contribution >= 4 is 17.5 Å². The van der Waals surface area contributed by atoms with E-state index in [0.717, 1.165) is 45.7 Å². The molecule has 0 bridgehead atoms. The van der Waals surface area contributed by atoms with Gasteiger partial charge in [0.1, 0.15) is 0 Å². The highest BCUT2D eigenvalue weighted by Gasteiger charge is 2.47. The van der Waals surface area contributed by atoms with Crippen molar-refractivity contribution in [1.82, 2.24) is 36.2 Å². The van der Waals surface area contributed by atoms with Crippen LogP contribution in [-0.4, -0.2) is 109 Å². The molecule has 6 N–H and O–H groups in total. The van der Waals surface area contributed by atoms with E-state index < -0.39 is 6.17 Å². The van der Waals surface area contributed by atoms with Crippen molar-refractivity contribution in [3.05, 3.63) is 0 Å². The lowest BCUT2D eigenvalue weighted by atomic mass is 9.95. The molecule has 10 heteroatoms. The molecule has 6 atom stereocenters. The number of carbonyl (C=O) groups excluding carboxylic acids is 1. The summed E-state index contributed by atoms with van der Waals surface area (Å²) in [6, 6.07) is 1.07. The van der Waals surface area contributed by atoms with E-state index in [9.17, 15) is 4.79 Å². The second-order valence-corrected chi connectivity index (χ2v) is 9.74. The topological polar surface area (TPSA) is 101 Å². The average molecular weight is 429 g/mol. The normalized spacial score (nSPS) is 40.2. The zero-order valence-corrected chi connectivity index (χ0v) is 18.4. The molecule has 4 aliphatic rings. The van der Waals surface area contributed by atoms with Gasteiger partial charge in [0, 0.05) is 57.9 Å². The minimum absolute atomic E-state index is 0.0178. The monoisotopic (exact) mass is 428 g/mol. The lowest BCUT2D eigenvalue weighted by Crippen LogP contribution is -2.65. The Morgan fingerprint density at radius 2 is 1.97 bits per heavy atom. The van der Waals surface area contributed by atoms with Gasteiger partial charge in [-0.15, -0.1) is 11.6 Å². The minimum atomic E-state index is -0.404. The first-order valence-electron chi connectivity index (χ1n) is 11.1. The van der Waals surface area contributed by atoms with Gasteiger partial charge in [-0.3, -0.25) is 19.9 Å². The third-order valence-electron chi connectivity index (χ3n) is 6.95. The Morgan fingerprint density at radius 3 is 2.69 bits per heavy atom. The molecule has 1 amide bonds. The summed E-state index contributed by atoms with van der Waals surface area (Å²) >= 11 is 6.25. The molecule has 4 heterocycles. The molecule has 9 nitrogen and oxygen atoms in total. The summed E-state index contributed by atoms with van der Waals surface area (Å²) < 4.78 is 0. The van der Waals surface area contributed by atoms with Crippen molar-refractivity contribution in [2.45, 2.75) is 56.1 Å². The fourth-order valence-corrected chi connectivity index (χ4v) is 5.51. The summed E-state index contributed by atoms with van der Waals surface area (Å²) in [5.41, 5.74) is 9.50. The smallest absolute Gasteiger partial charge is 0.229 e. The van der Waals surface area contributed by atoms with E-state index >= 15 is 0 Å². The molecule has 0 aromatic heterocycles. The van der Waals surface area contributed by atoms with Gasteiger partial charge in [0.25, 0.3) is 0 Å². The van der Waals surface area contributed by atoms with Gasteiger partial charge in [-0.25, -0.2) is 10.4 Å². The third kappa shape index (κ3) is 4.72. The zero-order chi connectivity index (χ0) is 20.5. The number of nitrogens with two attached hydrogens (primary N) is 1. The van der Waals surface area contributed by atoms with E-state index in [1.54, 1.807) is 0 Å². The van der Waals surface area contributed by atoms with Crippen LogP contribution in [-0.2, 0) is 4.79 Å². The highest BCUT2D eigenvalue weighted by atomic mass is 35.5. The fourth-order valence-electron chi connectivity index (χ4n) is 5.27. The van der Waals surface area contributed by atoms with Crippen molar-refractivity contribution in [1.29, 1.82) is 0 Å². The molecule has 0 spiro atoms. The first kappa shape index (κ1) is 21.7. The SMILES string of the molecule is CC(C)N1CCN(C2CCNCC2NC(=O)C2C(N)NN3CC(Cl)CNC23)CC1. The molecule has 0 aliphatic carbocycles. The van der Waals surface area contributed by atoms with Crippen LogP contribution in [0.1, 0.15) is 20.3 Å². The molecule has 4 saturated heterocycles. The first-order valence-corrected chi connectivity index (χ1v) is 11.5. The summed E-state index contributed by atoms with van der Waals surface area (Å²) in [5.74, 6) is -0.308. The molecule has 4 rings (SSSR count). The summed E-state index contributed by atoms with van der Waals surface area (Å²) in [7, 11) is 0. The van der Waals surface area contributed by atoms with Gasteiger partial charge in [0.05, 0.1) is 29.7 Å². The molecule has 4 aliphatic heterocycles. The van der Waals surface area contributed by atoms with Gasteiger partial charge in [-0.1, -0.05) is 0 Å². The predicted octanol–water partition coefficient (Wildman–Crippen LogP) is -1.88. The van der Waals surface area contributed by atoms with Crippen LogP contribution in [0.2, 0.25) is 0 Å². The van der Waals surface area contributed by atoms with E-state index in [-0.39, 0.29) is 29.4 Å². The molecule has 6 unspecified atom stereocenters. The summed E-state index contributed by atoms with van der Waals surface area (Å²) in [4.78, 5) is 18.3. The number of hydrazine groups is 1. The zero-order valence-electron chi connectivity index (χ0n) is 17.6. The second-order valence-electron chi connectivity index (χ2n) is 9.12. The van der Waals surface area contributed by atoms with E-state index in [1.807, 2.05) is 5.01 Å². The second kappa shape index (κ2) is 9.32. The Morgan fingerprint density at radius 1 is 1.21 bits per heavy atom. The van der Waals surface area contributed by atoms with Gasteiger partial charge >= 0.3 is 0 Å². The lowest BCUT2D eigenvalue weighted by molar-refractivity contribution is -0.128. The quantitative estimate of drug-likeness (QED) is 0.332. The number of hydrogen-bond acceptors (Lipinski definition) is 8. The summed E-state index contributed by atoms with van der Waals surface area (Å²) in [6.45, 7) is 12.0. The maximum absolute atomic E-state index is 13.2. The molecule has 0 aromatic carbocycles. The maximum Gasteiger partial charge on any atom is 0.229 e. The highest BCUT2D eigenvalue weighted by Crippen LogP contribution is 2.23. The number of piperazine rings is 1. The van der Waals surface area contributed by atoms with E-state index in [4.69, 9.17) is 17.3 Å². The number of nitrogens with zero attached hydrogens (tertiary/aromatic N) is 3. The Balaban J connectivity index is 1.37. The Labute approximate surface area is 179 Å². The third-order valence-corrected chi connectivity index (χ3v) is 7.24. The number of alkyl halides is 1. The number of rotatable bonds is 4. The Kier molecular flexibility index (Phi) is 6.97. The summed E-state index contributed by atoms with van der Waals surface area (Å²) in [6.07, 6.45) is 0.548. The molecule has 4 fully saturated rings. The lowest BCUT2D eigenvalue weighted by Gasteiger charge is -2.45. The predicted molar refractivity (Wildman–Crippen MR) is 114 cm³/mol. The number of hydrogen-bond donors (Lipinski definition) is 5. The van der Waals surface area contributed by atoms with Gasteiger partial charge in [0.15, 0.2) is 0 Å². The van der Waals surface area contributed by atoms with Crippen LogP contribution in [0.15, 0.2) is 0 Å². The fraction of sp³-hybridized carbons (Fsp3) is 0.947. The van der Waals surface area contributed by atoms with E-state index in [0.29, 0.717) is 25.2 Å². The van der Waals surface area contributed by atoms with Crippen LogP contribution < -0.4 is 27.1 Å². The van der Waals surface area contributed by atoms with Crippen molar-refractivity contribution in [3.8, 4) is 0 Å². The van der Waals surface area contributed by atoms with E-state index in [2.05, 4.69) is 45.0 Å². The maximum atomic E-state index is 13.2. The molecular formula is C19H37ClN8O. The van der Waals surface area contributed by atoms with Gasteiger partial charge in [0.2, 0.25) is 5.91 Å². The largest absolute Gasteiger partial charge is 0.350 e. The highest BCUT2D eigenvalue weighted by molar-refractivity contribution is 6.21. The average Bonchev–Trinajstić information content (AvgIpc) is 3.03. The van der Waals surface area contributed by atoms with Crippen LogP contribution in [0.3, 0.4) is 0 Å². The van der Waals surface area contributed by atoms with Crippen molar-refractivity contribution < 1.29 is 4.79 Å². The molecule has 29 heavy (non-hydrogen) atoms. The van der Waals surface area contributed by atoms with Crippen LogP contribution >= 0.6 is 11.6 Å². The number of carbonyl (C=O) groups is 1. The number of piperidine rings is 1. The van der Waals surface area contributed by atoms with Gasteiger partial charge in [-0.05, 0) is 26.8 Å². The Bertz CT molecular complexity index is 572. The number of amides is 1. The van der Waals surface area contributed by atoms with Gasteiger partial charge < -0.3 is 16.4 Å². The van der Waals surface area contributed by atoms with Crippen LogP contribution in [0.5, 0.6) is 0 Å². The van der Waals surface area contributed by atoms with Crippen molar-refractivity contribution in [2.24, 2.45) is 11.7 Å². The molecule has 0 radical (unpaired) electrons. The number of halogens is 1. The standard InChI is InChI=1S/C19H37ClN8O/c1-12(2)26-5-7-27(8-6-26)15-3-4-22-10-14(15)24-19(29)16-17(21)25-28-11-13(20)9-23-18(16)28/h12-18,22-23,25H,3-11,21H2,1-2H3,(H,24,29).